The Morgan fingerprint density at radius 2 is 2.17 bits per heavy atom. The molecule has 1 aromatic rings. The molecule has 2 N–H and O–H groups in total. The molecule has 0 atom stereocenters. The van der Waals surface area contributed by atoms with Crippen molar-refractivity contribution in [2.75, 3.05) is 26.0 Å². The molecule has 0 saturated heterocycles. The van der Waals surface area contributed by atoms with Gasteiger partial charge >= 0.3 is 0 Å². The number of sulfonamides is 1. The summed E-state index contributed by atoms with van der Waals surface area (Å²) in [5, 5.41) is 0. The first-order valence-electron chi connectivity index (χ1n) is 5.62. The molecule has 18 heavy (non-hydrogen) atoms. The van der Waals surface area contributed by atoms with Crippen LogP contribution in [0.15, 0.2) is 23.2 Å². The first-order chi connectivity index (χ1) is 8.39. The van der Waals surface area contributed by atoms with Gasteiger partial charge in [0.25, 0.3) is 0 Å². The van der Waals surface area contributed by atoms with E-state index < -0.39 is 10.0 Å². The summed E-state index contributed by atoms with van der Waals surface area (Å²) in [5.41, 5.74) is 5.51. The van der Waals surface area contributed by atoms with Gasteiger partial charge in [-0.3, -0.25) is 0 Å². The molecule has 6 nitrogen and oxygen atoms in total. The van der Waals surface area contributed by atoms with Crippen LogP contribution in [0, 0.1) is 0 Å². The number of nitrogen functional groups attached to an aromatic ring is 1. The standard InChI is InChI=1S/C11H19N3O3S/c1-9(2)14(6-7-17-3)18(15,16)10-4-5-13-11(12)8-10/h4-5,8-9H,6-7H2,1-3H3,(H2,12,13). The quantitative estimate of drug-likeness (QED) is 0.825. The van der Waals surface area contributed by atoms with Crippen LogP contribution in [-0.4, -0.2) is 44.0 Å². The third-order valence-corrected chi connectivity index (χ3v) is 4.52. The predicted octanol–water partition coefficient (Wildman–Crippen LogP) is 0.709. The predicted molar refractivity (Wildman–Crippen MR) is 69.6 cm³/mol. The zero-order valence-electron chi connectivity index (χ0n) is 10.8. The average Bonchev–Trinajstić information content (AvgIpc) is 2.28. The van der Waals surface area contributed by atoms with Crippen molar-refractivity contribution in [2.45, 2.75) is 24.8 Å². The Morgan fingerprint density at radius 3 is 2.67 bits per heavy atom. The molecular formula is C11H19N3O3S. The molecule has 1 rings (SSSR count). The minimum atomic E-state index is -3.56. The zero-order valence-corrected chi connectivity index (χ0v) is 11.6. The highest BCUT2D eigenvalue weighted by Crippen LogP contribution is 2.18. The Labute approximate surface area is 108 Å². The second kappa shape index (κ2) is 6.12. The van der Waals surface area contributed by atoms with Crippen molar-refractivity contribution in [3.63, 3.8) is 0 Å². The Morgan fingerprint density at radius 1 is 1.50 bits per heavy atom. The normalized spacial score (nSPS) is 12.3. The Kier molecular flexibility index (Phi) is 5.06. The molecule has 1 heterocycles. The van der Waals surface area contributed by atoms with Crippen molar-refractivity contribution in [3.8, 4) is 0 Å². The van der Waals surface area contributed by atoms with Gasteiger partial charge < -0.3 is 10.5 Å². The third-order valence-electron chi connectivity index (χ3n) is 2.45. The van der Waals surface area contributed by atoms with Crippen molar-refractivity contribution in [2.24, 2.45) is 0 Å². The lowest BCUT2D eigenvalue weighted by Crippen LogP contribution is -2.39. The fourth-order valence-electron chi connectivity index (χ4n) is 1.56. The van der Waals surface area contributed by atoms with Gasteiger partial charge in [-0.2, -0.15) is 4.31 Å². The van der Waals surface area contributed by atoms with Gasteiger partial charge in [0.2, 0.25) is 10.0 Å². The van der Waals surface area contributed by atoms with E-state index in [4.69, 9.17) is 10.5 Å². The lowest BCUT2D eigenvalue weighted by atomic mass is 10.4. The molecule has 0 aromatic carbocycles. The van der Waals surface area contributed by atoms with E-state index in [0.717, 1.165) is 0 Å². The number of ether oxygens (including phenoxy) is 1. The maximum atomic E-state index is 12.4. The highest BCUT2D eigenvalue weighted by atomic mass is 32.2. The maximum Gasteiger partial charge on any atom is 0.243 e. The molecule has 0 fully saturated rings. The van der Waals surface area contributed by atoms with Crippen LogP contribution in [0.4, 0.5) is 5.82 Å². The van der Waals surface area contributed by atoms with Crippen LogP contribution < -0.4 is 5.73 Å². The zero-order chi connectivity index (χ0) is 13.8. The Balaban J connectivity index is 3.09. The lowest BCUT2D eigenvalue weighted by Gasteiger charge is -2.25. The number of hydrogen-bond acceptors (Lipinski definition) is 5. The van der Waals surface area contributed by atoms with E-state index in [1.807, 2.05) is 13.8 Å². The number of pyridine rings is 1. The minimum Gasteiger partial charge on any atom is -0.384 e. The fraction of sp³-hybridized carbons (Fsp3) is 0.545. The fourth-order valence-corrected chi connectivity index (χ4v) is 3.20. The topological polar surface area (TPSA) is 85.5 Å². The number of anilines is 1. The van der Waals surface area contributed by atoms with Gasteiger partial charge in [0.05, 0.1) is 11.5 Å². The summed E-state index contributed by atoms with van der Waals surface area (Å²) in [6, 6.07) is 2.64. The lowest BCUT2D eigenvalue weighted by molar-refractivity contribution is 0.171. The van der Waals surface area contributed by atoms with Gasteiger partial charge in [-0.1, -0.05) is 0 Å². The van der Waals surface area contributed by atoms with E-state index in [9.17, 15) is 8.42 Å². The van der Waals surface area contributed by atoms with Gasteiger partial charge in [0.1, 0.15) is 5.82 Å². The van der Waals surface area contributed by atoms with Crippen LogP contribution in [0.1, 0.15) is 13.8 Å². The van der Waals surface area contributed by atoms with Crippen molar-refractivity contribution in [1.29, 1.82) is 0 Å². The van der Waals surface area contributed by atoms with E-state index in [-0.39, 0.29) is 16.8 Å². The third kappa shape index (κ3) is 3.41. The number of nitrogens with two attached hydrogens (primary N) is 1. The van der Waals surface area contributed by atoms with Crippen molar-refractivity contribution in [3.05, 3.63) is 18.3 Å². The molecule has 0 radical (unpaired) electrons. The molecule has 102 valence electrons. The summed E-state index contributed by atoms with van der Waals surface area (Å²) in [4.78, 5) is 3.94. The summed E-state index contributed by atoms with van der Waals surface area (Å²) in [7, 11) is -2.02. The minimum absolute atomic E-state index is 0.153. The number of hydrogen-bond donors (Lipinski definition) is 1. The van der Waals surface area contributed by atoms with E-state index >= 15 is 0 Å². The van der Waals surface area contributed by atoms with Crippen LogP contribution in [0.2, 0.25) is 0 Å². The first-order valence-corrected chi connectivity index (χ1v) is 7.06. The van der Waals surface area contributed by atoms with Crippen molar-refractivity contribution >= 4 is 15.8 Å². The maximum absolute atomic E-state index is 12.4. The number of methoxy groups -OCH3 is 1. The average molecular weight is 273 g/mol. The highest BCUT2D eigenvalue weighted by molar-refractivity contribution is 7.89. The molecule has 0 aliphatic rings. The van der Waals surface area contributed by atoms with Crippen LogP contribution >= 0.6 is 0 Å². The largest absolute Gasteiger partial charge is 0.384 e. The Hall–Kier alpha value is -1.18. The molecule has 0 aliphatic carbocycles. The molecule has 7 heteroatoms. The summed E-state index contributed by atoms with van der Waals surface area (Å²) in [6.07, 6.45) is 1.39. The van der Waals surface area contributed by atoms with Gasteiger partial charge in [-0.25, -0.2) is 13.4 Å². The number of aromatic nitrogens is 1. The van der Waals surface area contributed by atoms with Crippen molar-refractivity contribution in [1.82, 2.24) is 9.29 Å². The smallest absolute Gasteiger partial charge is 0.243 e. The highest BCUT2D eigenvalue weighted by Gasteiger charge is 2.26. The molecule has 0 unspecified atom stereocenters. The number of nitrogens with zero attached hydrogens (tertiary/aromatic N) is 2. The number of rotatable bonds is 6. The van der Waals surface area contributed by atoms with E-state index in [0.29, 0.717) is 13.2 Å². The Bertz CT molecular complexity index is 488. The summed E-state index contributed by atoms with van der Waals surface area (Å²) in [5.74, 6) is 0.187. The summed E-state index contributed by atoms with van der Waals surface area (Å²) < 4.78 is 31.2. The van der Waals surface area contributed by atoms with Crippen LogP contribution in [0.25, 0.3) is 0 Å². The van der Waals surface area contributed by atoms with Gasteiger partial charge in [-0.05, 0) is 19.9 Å². The van der Waals surface area contributed by atoms with Gasteiger partial charge in [0, 0.05) is 32.0 Å². The summed E-state index contributed by atoms with van der Waals surface area (Å²) >= 11 is 0. The molecular weight excluding hydrogens is 254 g/mol. The van der Waals surface area contributed by atoms with Gasteiger partial charge in [-0.15, -0.1) is 0 Å². The molecule has 0 bridgehead atoms. The molecule has 0 amide bonds. The van der Waals surface area contributed by atoms with Crippen LogP contribution in [0.3, 0.4) is 0 Å². The second-order valence-corrected chi connectivity index (χ2v) is 6.01. The van der Waals surface area contributed by atoms with E-state index in [1.165, 1.54) is 29.7 Å². The van der Waals surface area contributed by atoms with Crippen LogP contribution in [-0.2, 0) is 14.8 Å². The molecule has 1 aromatic heterocycles. The van der Waals surface area contributed by atoms with Crippen molar-refractivity contribution < 1.29 is 13.2 Å². The van der Waals surface area contributed by atoms with Crippen LogP contribution in [0.5, 0.6) is 0 Å². The monoisotopic (exact) mass is 273 g/mol. The summed E-state index contributed by atoms with van der Waals surface area (Å²) in [6.45, 7) is 4.28. The van der Waals surface area contributed by atoms with E-state index in [2.05, 4.69) is 4.98 Å². The SMILES string of the molecule is COCCN(C(C)C)S(=O)(=O)c1ccnc(N)c1. The van der Waals surface area contributed by atoms with Gasteiger partial charge in [0.15, 0.2) is 0 Å². The molecule has 0 aliphatic heterocycles. The first kappa shape index (κ1) is 14.9. The second-order valence-electron chi connectivity index (χ2n) is 4.12. The molecule has 0 saturated carbocycles. The molecule has 0 spiro atoms. The van der Waals surface area contributed by atoms with E-state index in [1.54, 1.807) is 0 Å².